The van der Waals surface area contributed by atoms with Crippen LogP contribution in [-0.4, -0.2) is 34.0 Å². The fourth-order valence-corrected chi connectivity index (χ4v) is 5.65. The number of amides is 1. The highest BCUT2D eigenvalue weighted by Gasteiger charge is 2.27. The second-order valence-corrected chi connectivity index (χ2v) is 12.2. The number of likely N-dealkylation sites (tertiary alicyclic amines) is 1. The first-order chi connectivity index (χ1) is 18.8. The lowest BCUT2D eigenvalue weighted by Gasteiger charge is -2.30. The molecule has 1 atom stereocenters. The van der Waals surface area contributed by atoms with Crippen LogP contribution in [0.2, 0.25) is 0 Å². The third kappa shape index (κ3) is 7.37. The Morgan fingerprint density at radius 3 is 2.49 bits per heavy atom. The maximum atomic E-state index is 13.1. The predicted octanol–water partition coefficient (Wildman–Crippen LogP) is 7.18. The van der Waals surface area contributed by atoms with Crippen molar-refractivity contribution in [3.05, 3.63) is 95.9 Å². The van der Waals surface area contributed by atoms with Crippen molar-refractivity contribution >= 4 is 23.4 Å². The summed E-state index contributed by atoms with van der Waals surface area (Å²) < 4.78 is 5.56. The zero-order chi connectivity index (χ0) is 27.2. The van der Waals surface area contributed by atoms with Gasteiger partial charge in [0.15, 0.2) is 0 Å². The largest absolute Gasteiger partial charge is 0.338 e. The quantitative estimate of drug-likeness (QED) is 0.239. The van der Waals surface area contributed by atoms with E-state index in [0.29, 0.717) is 24.8 Å². The molecule has 1 aromatic heterocycles. The molecule has 202 valence electrons. The minimum Gasteiger partial charge on any atom is -0.338 e. The summed E-state index contributed by atoms with van der Waals surface area (Å²) >= 11 is 1.81. The lowest BCUT2D eigenvalue weighted by atomic mass is 9.87. The van der Waals surface area contributed by atoms with Crippen molar-refractivity contribution in [1.82, 2.24) is 15.0 Å². The molecule has 0 bridgehead atoms. The molecule has 1 unspecified atom stereocenters. The second-order valence-electron chi connectivity index (χ2n) is 11.2. The Hall–Kier alpha value is -3.42. The molecule has 4 aromatic rings. The molecule has 0 saturated carbocycles. The van der Waals surface area contributed by atoms with Crippen LogP contribution >= 0.6 is 11.8 Å². The van der Waals surface area contributed by atoms with E-state index >= 15 is 0 Å². The minimum atomic E-state index is -0.0700. The smallest absolute Gasteiger partial charge is 0.241 e. The number of nitrogens with zero attached hydrogens (tertiary/aromatic N) is 3. The molecule has 1 aliphatic rings. The summed E-state index contributed by atoms with van der Waals surface area (Å²) in [7, 11) is 0. The van der Waals surface area contributed by atoms with Gasteiger partial charge in [-0.2, -0.15) is 4.98 Å². The monoisotopic (exact) mass is 540 g/mol. The van der Waals surface area contributed by atoms with Crippen LogP contribution in [0.5, 0.6) is 0 Å². The van der Waals surface area contributed by atoms with Crippen LogP contribution in [0.4, 0.5) is 5.69 Å². The van der Waals surface area contributed by atoms with Gasteiger partial charge >= 0.3 is 0 Å². The number of anilines is 1. The number of thioether (sulfide) groups is 1. The second kappa shape index (κ2) is 12.2. The first-order valence-electron chi connectivity index (χ1n) is 13.6. The molecule has 1 amide bonds. The topological polar surface area (TPSA) is 71.3 Å². The highest BCUT2D eigenvalue weighted by Crippen LogP contribution is 2.26. The van der Waals surface area contributed by atoms with Gasteiger partial charge in [0.25, 0.3) is 0 Å². The number of aromatic nitrogens is 2. The third-order valence-corrected chi connectivity index (χ3v) is 8.17. The molecule has 1 saturated heterocycles. The van der Waals surface area contributed by atoms with E-state index in [9.17, 15) is 4.79 Å². The summed E-state index contributed by atoms with van der Waals surface area (Å²) in [6.45, 7) is 8.73. The standard InChI is InChI=1S/C32H36N4O2S/c1-32(2,3)26-15-13-24(14-16-26)30-34-29(38-35-30)21-36-19-7-8-25(20-36)31(37)33-27-17-11-23(12-18-27)22-39-28-9-5-4-6-10-28/h4-6,9-18,25H,7-8,19-22H2,1-3H3,(H,33,37). The normalized spacial score (nSPS) is 16.2. The number of benzene rings is 3. The van der Waals surface area contributed by atoms with E-state index in [1.807, 2.05) is 42.1 Å². The van der Waals surface area contributed by atoms with E-state index in [1.54, 1.807) is 0 Å². The summed E-state index contributed by atoms with van der Waals surface area (Å²) in [6, 6.07) is 26.9. The van der Waals surface area contributed by atoms with Crippen LogP contribution < -0.4 is 5.32 Å². The summed E-state index contributed by atoms with van der Waals surface area (Å²) in [5.74, 6) is 2.07. The lowest BCUT2D eigenvalue weighted by molar-refractivity contribution is -0.121. The average molecular weight is 541 g/mol. The van der Waals surface area contributed by atoms with Crippen LogP contribution in [0.3, 0.4) is 0 Å². The van der Waals surface area contributed by atoms with Crippen LogP contribution in [0.25, 0.3) is 11.4 Å². The third-order valence-electron chi connectivity index (χ3n) is 7.08. The Labute approximate surface area is 235 Å². The molecule has 3 aromatic carbocycles. The van der Waals surface area contributed by atoms with Gasteiger partial charge in [0.1, 0.15) is 0 Å². The van der Waals surface area contributed by atoms with Crippen molar-refractivity contribution in [1.29, 1.82) is 0 Å². The highest BCUT2D eigenvalue weighted by atomic mass is 32.2. The summed E-state index contributed by atoms with van der Waals surface area (Å²) in [5.41, 5.74) is 4.38. The van der Waals surface area contributed by atoms with Crippen molar-refractivity contribution in [3.8, 4) is 11.4 Å². The molecule has 6 nitrogen and oxygen atoms in total. The van der Waals surface area contributed by atoms with Crippen LogP contribution in [0, 0.1) is 5.92 Å². The Morgan fingerprint density at radius 1 is 1.03 bits per heavy atom. The van der Waals surface area contributed by atoms with Crippen molar-refractivity contribution in [2.75, 3.05) is 18.4 Å². The molecule has 0 aliphatic carbocycles. The first kappa shape index (κ1) is 27.2. The van der Waals surface area contributed by atoms with Gasteiger partial charge in [-0.25, -0.2) is 0 Å². The van der Waals surface area contributed by atoms with Gasteiger partial charge < -0.3 is 9.84 Å². The number of piperidine rings is 1. The van der Waals surface area contributed by atoms with Crippen LogP contribution in [-0.2, 0) is 22.5 Å². The molecular weight excluding hydrogens is 504 g/mol. The SMILES string of the molecule is CC(C)(C)c1ccc(-c2noc(CN3CCCC(C(=O)Nc4ccc(CSc5ccccc5)cc4)C3)n2)cc1. The fraction of sp³-hybridized carbons (Fsp3) is 0.344. The van der Waals surface area contributed by atoms with Crippen molar-refractivity contribution in [3.63, 3.8) is 0 Å². The van der Waals surface area contributed by atoms with Gasteiger partial charge in [-0.1, -0.05) is 80.5 Å². The van der Waals surface area contributed by atoms with Gasteiger partial charge in [-0.3, -0.25) is 9.69 Å². The van der Waals surface area contributed by atoms with Gasteiger partial charge in [0, 0.05) is 28.4 Å². The van der Waals surface area contributed by atoms with E-state index in [0.717, 1.165) is 36.4 Å². The van der Waals surface area contributed by atoms with Crippen LogP contribution in [0.1, 0.15) is 50.6 Å². The van der Waals surface area contributed by atoms with Gasteiger partial charge in [0.05, 0.1) is 12.5 Å². The minimum absolute atomic E-state index is 0.0660. The maximum absolute atomic E-state index is 13.1. The molecule has 39 heavy (non-hydrogen) atoms. The zero-order valence-corrected chi connectivity index (χ0v) is 23.7. The van der Waals surface area contributed by atoms with Gasteiger partial charge in [0.2, 0.25) is 17.6 Å². The Balaban J connectivity index is 1.12. The average Bonchev–Trinajstić information content (AvgIpc) is 3.41. The molecule has 5 rings (SSSR count). The zero-order valence-electron chi connectivity index (χ0n) is 22.9. The molecule has 0 spiro atoms. The number of carbonyl (C=O) groups excluding carboxylic acids is 1. The number of rotatable bonds is 8. The summed E-state index contributed by atoms with van der Waals surface area (Å²) in [4.78, 5) is 21.2. The van der Waals surface area contributed by atoms with Gasteiger partial charge in [-0.15, -0.1) is 11.8 Å². The van der Waals surface area contributed by atoms with E-state index < -0.39 is 0 Å². The van der Waals surface area contributed by atoms with E-state index in [2.05, 4.69) is 89.7 Å². The van der Waals surface area contributed by atoms with Crippen molar-refractivity contribution in [2.24, 2.45) is 5.92 Å². The van der Waals surface area contributed by atoms with Crippen LogP contribution in [0.15, 0.2) is 88.3 Å². The first-order valence-corrected chi connectivity index (χ1v) is 14.6. The number of nitrogens with one attached hydrogen (secondary N) is 1. The van der Waals surface area contributed by atoms with Crippen molar-refractivity contribution in [2.45, 2.75) is 56.2 Å². The van der Waals surface area contributed by atoms with E-state index in [4.69, 9.17) is 4.52 Å². The molecule has 0 radical (unpaired) electrons. The number of carbonyl (C=O) groups is 1. The Bertz CT molecular complexity index is 1360. The van der Waals surface area contributed by atoms with Gasteiger partial charge in [-0.05, 0) is 60.2 Å². The molecule has 1 fully saturated rings. The molecular formula is C32H36N4O2S. The number of hydrogen-bond donors (Lipinski definition) is 1. The summed E-state index contributed by atoms with van der Waals surface area (Å²) in [6.07, 6.45) is 1.84. The van der Waals surface area contributed by atoms with Crippen molar-refractivity contribution < 1.29 is 9.32 Å². The molecule has 1 N–H and O–H groups in total. The Morgan fingerprint density at radius 2 is 1.77 bits per heavy atom. The molecule has 2 heterocycles. The maximum Gasteiger partial charge on any atom is 0.241 e. The predicted molar refractivity (Wildman–Crippen MR) is 158 cm³/mol. The number of hydrogen-bond acceptors (Lipinski definition) is 6. The summed E-state index contributed by atoms with van der Waals surface area (Å²) in [5, 5.41) is 7.31. The van der Waals surface area contributed by atoms with E-state index in [1.165, 1.54) is 16.0 Å². The molecule has 7 heteroatoms. The highest BCUT2D eigenvalue weighted by molar-refractivity contribution is 7.98. The fourth-order valence-electron chi connectivity index (χ4n) is 4.77. The molecule has 1 aliphatic heterocycles. The Kier molecular flexibility index (Phi) is 8.48. The lowest BCUT2D eigenvalue weighted by Crippen LogP contribution is -2.40. The van der Waals surface area contributed by atoms with E-state index in [-0.39, 0.29) is 17.2 Å².